The SMILES string of the molecule is CCNc1cc(Sc2cc(C)cc(C)n2)ncn1. The van der Waals surface area contributed by atoms with Crippen LogP contribution in [0.25, 0.3) is 0 Å². The maximum absolute atomic E-state index is 4.49. The number of nitrogens with zero attached hydrogens (tertiary/aromatic N) is 3. The number of aryl methyl sites for hydroxylation is 2. The highest BCUT2D eigenvalue weighted by Crippen LogP contribution is 2.26. The van der Waals surface area contributed by atoms with Gasteiger partial charge < -0.3 is 5.32 Å². The molecule has 0 fully saturated rings. The molecule has 0 amide bonds. The maximum Gasteiger partial charge on any atom is 0.130 e. The van der Waals surface area contributed by atoms with Gasteiger partial charge in [-0.2, -0.15) is 0 Å². The molecule has 0 bridgehead atoms. The monoisotopic (exact) mass is 260 g/mol. The molecule has 0 radical (unpaired) electrons. The van der Waals surface area contributed by atoms with E-state index in [-0.39, 0.29) is 0 Å². The Bertz CT molecular complexity index is 522. The molecule has 18 heavy (non-hydrogen) atoms. The molecule has 5 heteroatoms. The van der Waals surface area contributed by atoms with E-state index in [1.54, 1.807) is 18.1 Å². The molecule has 2 aromatic rings. The molecule has 2 rings (SSSR count). The molecule has 0 aliphatic rings. The zero-order chi connectivity index (χ0) is 13.0. The van der Waals surface area contributed by atoms with Crippen LogP contribution >= 0.6 is 11.8 Å². The largest absolute Gasteiger partial charge is 0.370 e. The lowest BCUT2D eigenvalue weighted by molar-refractivity contribution is 1.01. The molecule has 1 N–H and O–H groups in total. The topological polar surface area (TPSA) is 50.7 Å². The molecular weight excluding hydrogens is 244 g/mol. The molecular formula is C13H16N4S. The minimum Gasteiger partial charge on any atom is -0.370 e. The van der Waals surface area contributed by atoms with Gasteiger partial charge in [0.05, 0.1) is 0 Å². The highest BCUT2D eigenvalue weighted by Gasteiger charge is 2.03. The Morgan fingerprint density at radius 1 is 1.11 bits per heavy atom. The summed E-state index contributed by atoms with van der Waals surface area (Å²) in [5, 5.41) is 5.04. The van der Waals surface area contributed by atoms with E-state index in [0.29, 0.717) is 0 Å². The minimum atomic E-state index is 0.847. The summed E-state index contributed by atoms with van der Waals surface area (Å²) in [6, 6.07) is 6.06. The highest BCUT2D eigenvalue weighted by molar-refractivity contribution is 7.99. The van der Waals surface area contributed by atoms with Crippen molar-refractivity contribution in [1.29, 1.82) is 0 Å². The fraction of sp³-hybridized carbons (Fsp3) is 0.308. The number of anilines is 1. The van der Waals surface area contributed by atoms with E-state index in [4.69, 9.17) is 0 Å². The van der Waals surface area contributed by atoms with Gasteiger partial charge in [0.25, 0.3) is 0 Å². The predicted octanol–water partition coefficient (Wildman–Crippen LogP) is 3.07. The fourth-order valence-electron chi connectivity index (χ4n) is 1.64. The van der Waals surface area contributed by atoms with Crippen LogP contribution in [0.5, 0.6) is 0 Å². The van der Waals surface area contributed by atoms with Crippen LogP contribution in [0.3, 0.4) is 0 Å². The van der Waals surface area contributed by atoms with E-state index in [0.717, 1.165) is 28.1 Å². The first-order valence-corrected chi connectivity index (χ1v) is 6.68. The van der Waals surface area contributed by atoms with Crippen LogP contribution in [0, 0.1) is 13.8 Å². The number of hydrogen-bond donors (Lipinski definition) is 1. The second-order valence-electron chi connectivity index (χ2n) is 4.00. The van der Waals surface area contributed by atoms with Crippen molar-refractivity contribution in [3.05, 3.63) is 35.8 Å². The predicted molar refractivity (Wildman–Crippen MR) is 74.0 cm³/mol. The van der Waals surface area contributed by atoms with Crippen LogP contribution in [0.15, 0.2) is 34.6 Å². The Morgan fingerprint density at radius 2 is 1.94 bits per heavy atom. The summed E-state index contributed by atoms with van der Waals surface area (Å²) in [5.41, 5.74) is 2.24. The van der Waals surface area contributed by atoms with E-state index < -0.39 is 0 Å². The van der Waals surface area contributed by atoms with Gasteiger partial charge in [-0.15, -0.1) is 0 Å². The molecule has 0 unspecified atom stereocenters. The summed E-state index contributed by atoms with van der Waals surface area (Å²) >= 11 is 1.55. The summed E-state index contributed by atoms with van der Waals surface area (Å²) in [6.07, 6.45) is 1.57. The normalized spacial score (nSPS) is 10.4. The second-order valence-corrected chi connectivity index (χ2v) is 5.04. The minimum absolute atomic E-state index is 0.847. The van der Waals surface area contributed by atoms with Crippen LogP contribution in [0.1, 0.15) is 18.2 Å². The van der Waals surface area contributed by atoms with E-state index in [1.807, 2.05) is 19.9 Å². The fourth-order valence-corrected chi connectivity index (χ4v) is 2.56. The molecule has 0 aliphatic carbocycles. The summed E-state index contributed by atoms with van der Waals surface area (Å²) in [7, 11) is 0. The van der Waals surface area contributed by atoms with E-state index >= 15 is 0 Å². The van der Waals surface area contributed by atoms with Crippen molar-refractivity contribution in [3.63, 3.8) is 0 Å². The van der Waals surface area contributed by atoms with Crippen LogP contribution in [0.2, 0.25) is 0 Å². The Balaban J connectivity index is 2.20. The second kappa shape index (κ2) is 5.82. The van der Waals surface area contributed by atoms with Crippen molar-refractivity contribution < 1.29 is 0 Å². The Kier molecular flexibility index (Phi) is 4.15. The van der Waals surface area contributed by atoms with Gasteiger partial charge in [0.1, 0.15) is 22.2 Å². The molecule has 2 aromatic heterocycles. The van der Waals surface area contributed by atoms with Crippen molar-refractivity contribution in [2.75, 3.05) is 11.9 Å². The molecule has 0 aromatic carbocycles. The number of pyridine rings is 1. The van der Waals surface area contributed by atoms with Crippen molar-refractivity contribution in [2.45, 2.75) is 30.8 Å². The lowest BCUT2D eigenvalue weighted by Crippen LogP contribution is -1.99. The number of nitrogens with one attached hydrogen (secondary N) is 1. The van der Waals surface area contributed by atoms with Gasteiger partial charge >= 0.3 is 0 Å². The quantitative estimate of drug-likeness (QED) is 0.856. The van der Waals surface area contributed by atoms with E-state index in [1.165, 1.54) is 5.56 Å². The first-order chi connectivity index (χ1) is 8.67. The highest BCUT2D eigenvalue weighted by atomic mass is 32.2. The molecule has 4 nitrogen and oxygen atoms in total. The number of hydrogen-bond acceptors (Lipinski definition) is 5. The molecule has 2 heterocycles. The van der Waals surface area contributed by atoms with Crippen LogP contribution in [0.4, 0.5) is 5.82 Å². The molecule has 0 saturated carbocycles. The number of rotatable bonds is 4. The van der Waals surface area contributed by atoms with Gasteiger partial charge in [0.15, 0.2) is 0 Å². The summed E-state index contributed by atoms with van der Waals surface area (Å²) in [6.45, 7) is 6.97. The first kappa shape index (κ1) is 12.8. The van der Waals surface area contributed by atoms with E-state index in [2.05, 4.69) is 39.3 Å². The van der Waals surface area contributed by atoms with Gasteiger partial charge in [-0.1, -0.05) is 0 Å². The van der Waals surface area contributed by atoms with Gasteiger partial charge in [0, 0.05) is 18.3 Å². The van der Waals surface area contributed by atoms with Crippen molar-refractivity contribution in [1.82, 2.24) is 15.0 Å². The molecule has 94 valence electrons. The van der Waals surface area contributed by atoms with Gasteiger partial charge in [0.2, 0.25) is 0 Å². The smallest absolute Gasteiger partial charge is 0.130 e. The summed E-state index contributed by atoms with van der Waals surface area (Å²) in [4.78, 5) is 12.9. The van der Waals surface area contributed by atoms with Gasteiger partial charge in [-0.25, -0.2) is 15.0 Å². The summed E-state index contributed by atoms with van der Waals surface area (Å²) < 4.78 is 0. The molecule has 0 atom stereocenters. The molecule has 0 spiro atoms. The average Bonchev–Trinajstić information content (AvgIpc) is 2.28. The van der Waals surface area contributed by atoms with Crippen LogP contribution in [-0.4, -0.2) is 21.5 Å². The van der Waals surface area contributed by atoms with Crippen molar-refractivity contribution in [2.24, 2.45) is 0 Å². The third-order valence-electron chi connectivity index (χ3n) is 2.28. The zero-order valence-corrected chi connectivity index (χ0v) is 11.6. The number of aromatic nitrogens is 3. The Morgan fingerprint density at radius 3 is 2.67 bits per heavy atom. The maximum atomic E-state index is 4.49. The van der Waals surface area contributed by atoms with Crippen LogP contribution in [-0.2, 0) is 0 Å². The Hall–Kier alpha value is -1.62. The summed E-state index contributed by atoms with van der Waals surface area (Å²) in [5.74, 6) is 0.847. The van der Waals surface area contributed by atoms with E-state index in [9.17, 15) is 0 Å². The van der Waals surface area contributed by atoms with Crippen molar-refractivity contribution in [3.8, 4) is 0 Å². The van der Waals surface area contributed by atoms with Gasteiger partial charge in [-0.05, 0) is 50.2 Å². The van der Waals surface area contributed by atoms with Crippen molar-refractivity contribution >= 4 is 17.6 Å². The third-order valence-corrected chi connectivity index (χ3v) is 3.13. The van der Waals surface area contributed by atoms with Gasteiger partial charge in [-0.3, -0.25) is 0 Å². The van der Waals surface area contributed by atoms with Crippen LogP contribution < -0.4 is 5.32 Å². The standard InChI is InChI=1S/C13H16N4S/c1-4-14-11-7-12(16-8-15-11)18-13-6-9(2)5-10(3)17-13/h5-8H,4H2,1-3H3,(H,14,15,16). The first-order valence-electron chi connectivity index (χ1n) is 5.86. The average molecular weight is 260 g/mol. The third kappa shape index (κ3) is 3.43. The molecule has 0 aliphatic heterocycles. The zero-order valence-electron chi connectivity index (χ0n) is 10.8. The Labute approximate surface area is 111 Å². The lowest BCUT2D eigenvalue weighted by atomic mass is 10.3. The molecule has 0 saturated heterocycles. The lowest BCUT2D eigenvalue weighted by Gasteiger charge is -2.05.